The first-order valence-corrected chi connectivity index (χ1v) is 10.1. The van der Waals surface area contributed by atoms with Crippen molar-refractivity contribution in [3.05, 3.63) is 12.0 Å². The fraction of sp³-hybridized carbons (Fsp3) is 0.700. The highest BCUT2D eigenvalue weighted by Gasteiger charge is 2.42. The van der Waals surface area contributed by atoms with Crippen molar-refractivity contribution in [1.82, 2.24) is 20.0 Å². The maximum absolute atomic E-state index is 12.4. The molecule has 146 valence electrons. The van der Waals surface area contributed by atoms with E-state index in [9.17, 15) is 4.79 Å². The van der Waals surface area contributed by atoms with Gasteiger partial charge >= 0.3 is 0 Å². The van der Waals surface area contributed by atoms with Crippen LogP contribution < -0.4 is 4.90 Å². The number of aromatic nitrogens is 3. The van der Waals surface area contributed by atoms with E-state index in [-0.39, 0.29) is 5.41 Å². The minimum absolute atomic E-state index is 0.158. The van der Waals surface area contributed by atoms with Crippen molar-refractivity contribution >= 4 is 22.8 Å². The number of carbonyl (C=O) groups is 1. The Kier molecular flexibility index (Phi) is 4.78. The third-order valence-corrected chi connectivity index (χ3v) is 6.11. The lowest BCUT2D eigenvalue weighted by Gasteiger charge is -2.48. The van der Waals surface area contributed by atoms with E-state index >= 15 is 0 Å². The van der Waals surface area contributed by atoms with Crippen LogP contribution in [0.3, 0.4) is 0 Å². The van der Waals surface area contributed by atoms with Gasteiger partial charge in [0, 0.05) is 38.0 Å². The van der Waals surface area contributed by atoms with Gasteiger partial charge in [-0.15, -0.1) is 0 Å². The van der Waals surface area contributed by atoms with Crippen molar-refractivity contribution in [3.8, 4) is 0 Å². The molecule has 2 fully saturated rings. The molecule has 4 heterocycles. The fourth-order valence-electron chi connectivity index (χ4n) is 4.59. The molecule has 1 spiro atoms. The van der Waals surface area contributed by atoms with Gasteiger partial charge in [-0.1, -0.05) is 19.0 Å². The van der Waals surface area contributed by atoms with Gasteiger partial charge < -0.3 is 14.3 Å². The van der Waals surface area contributed by atoms with E-state index in [0.717, 1.165) is 62.3 Å². The summed E-state index contributed by atoms with van der Waals surface area (Å²) in [7, 11) is 0. The third-order valence-electron chi connectivity index (χ3n) is 6.11. The van der Waals surface area contributed by atoms with Crippen LogP contribution in [0.4, 0.5) is 5.82 Å². The summed E-state index contributed by atoms with van der Waals surface area (Å²) in [5.41, 5.74) is 1.54. The van der Waals surface area contributed by atoms with Gasteiger partial charge in [-0.3, -0.25) is 4.79 Å². The molecule has 2 saturated heterocycles. The maximum Gasteiger partial charge on any atom is 0.263 e. The first-order chi connectivity index (χ1) is 13.0. The second kappa shape index (κ2) is 7.09. The van der Waals surface area contributed by atoms with Crippen LogP contribution in [0.5, 0.6) is 0 Å². The number of hydrogen-bond acceptors (Lipinski definition) is 6. The van der Waals surface area contributed by atoms with Crippen LogP contribution >= 0.6 is 0 Å². The number of piperidine rings is 2. The van der Waals surface area contributed by atoms with Crippen LogP contribution in [0, 0.1) is 18.3 Å². The molecule has 0 saturated carbocycles. The highest BCUT2D eigenvalue weighted by atomic mass is 16.5. The summed E-state index contributed by atoms with van der Waals surface area (Å²) in [5, 5.41) is 4.98. The van der Waals surface area contributed by atoms with Crippen LogP contribution in [0.15, 0.2) is 10.9 Å². The second-order valence-corrected chi connectivity index (χ2v) is 8.67. The Morgan fingerprint density at radius 2 is 2.11 bits per heavy atom. The van der Waals surface area contributed by atoms with Crippen molar-refractivity contribution in [2.24, 2.45) is 11.3 Å². The second-order valence-electron chi connectivity index (χ2n) is 8.67. The van der Waals surface area contributed by atoms with Gasteiger partial charge in [-0.2, -0.15) is 4.98 Å². The Labute approximate surface area is 160 Å². The van der Waals surface area contributed by atoms with Gasteiger partial charge in [0.05, 0.1) is 5.69 Å². The lowest BCUT2D eigenvalue weighted by Crippen LogP contribution is -2.54. The average Bonchev–Trinajstić information content (AvgIpc) is 3.04. The Balaban J connectivity index is 1.56. The van der Waals surface area contributed by atoms with E-state index in [4.69, 9.17) is 4.52 Å². The average molecular weight is 371 g/mol. The third kappa shape index (κ3) is 3.51. The van der Waals surface area contributed by atoms with Crippen LogP contribution in [-0.4, -0.2) is 52.1 Å². The lowest BCUT2D eigenvalue weighted by molar-refractivity contribution is -0.138. The van der Waals surface area contributed by atoms with Gasteiger partial charge in [-0.05, 0) is 38.5 Å². The zero-order valence-corrected chi connectivity index (χ0v) is 16.6. The van der Waals surface area contributed by atoms with Crippen molar-refractivity contribution in [2.75, 3.05) is 31.1 Å². The largest absolute Gasteiger partial charge is 0.355 e. The minimum atomic E-state index is 0.158. The molecule has 2 aliphatic heterocycles. The number of anilines is 1. The van der Waals surface area contributed by atoms with Crippen LogP contribution in [0.25, 0.3) is 11.1 Å². The monoisotopic (exact) mass is 371 g/mol. The lowest BCUT2D eigenvalue weighted by atomic mass is 9.73. The maximum atomic E-state index is 12.4. The zero-order valence-electron chi connectivity index (χ0n) is 16.6. The van der Waals surface area contributed by atoms with Crippen molar-refractivity contribution in [2.45, 2.75) is 52.9 Å². The van der Waals surface area contributed by atoms with E-state index in [0.29, 0.717) is 24.0 Å². The summed E-state index contributed by atoms with van der Waals surface area (Å²) in [4.78, 5) is 25.7. The van der Waals surface area contributed by atoms with E-state index in [1.165, 1.54) is 6.42 Å². The molecular weight excluding hydrogens is 342 g/mol. The Bertz CT molecular complexity index is 833. The molecule has 4 rings (SSSR count). The van der Waals surface area contributed by atoms with Gasteiger partial charge in [0.1, 0.15) is 17.5 Å². The topological polar surface area (TPSA) is 75.4 Å². The van der Waals surface area contributed by atoms with Crippen molar-refractivity contribution in [3.63, 3.8) is 0 Å². The number of hydrogen-bond donors (Lipinski definition) is 0. The molecule has 0 N–H and O–H groups in total. The molecule has 7 nitrogen and oxygen atoms in total. The van der Waals surface area contributed by atoms with E-state index in [2.05, 4.69) is 38.8 Å². The molecule has 2 aliphatic rings. The molecule has 2 aromatic rings. The van der Waals surface area contributed by atoms with Gasteiger partial charge in [0.2, 0.25) is 5.91 Å². The zero-order chi connectivity index (χ0) is 19.0. The number of fused-ring (bicyclic) bond motifs is 1. The number of rotatable bonds is 4. The van der Waals surface area contributed by atoms with E-state index in [1.807, 2.05) is 6.92 Å². The van der Waals surface area contributed by atoms with Gasteiger partial charge in [0.25, 0.3) is 5.71 Å². The van der Waals surface area contributed by atoms with E-state index in [1.54, 1.807) is 6.33 Å². The Morgan fingerprint density at radius 3 is 2.93 bits per heavy atom. The molecule has 0 bridgehead atoms. The Hall–Kier alpha value is -2.18. The summed E-state index contributed by atoms with van der Waals surface area (Å²) in [6.07, 6.45) is 6.55. The van der Waals surface area contributed by atoms with Crippen LogP contribution in [0.1, 0.15) is 51.6 Å². The standard InChI is InChI=1S/C20H29N5O2/c1-14(2)6-10-24-11-20(8-5-16(24)26)7-4-9-25(12-20)18-17-15(3)23-27-19(17)22-13-21-18/h13-14H,4-12H2,1-3H3/t20-/m1/s1. The highest BCUT2D eigenvalue weighted by Crippen LogP contribution is 2.41. The first-order valence-electron chi connectivity index (χ1n) is 10.1. The summed E-state index contributed by atoms with van der Waals surface area (Å²) in [6.45, 7) is 10.0. The summed E-state index contributed by atoms with van der Waals surface area (Å²) >= 11 is 0. The Morgan fingerprint density at radius 1 is 1.26 bits per heavy atom. The first kappa shape index (κ1) is 18.2. The predicted molar refractivity (Wildman–Crippen MR) is 103 cm³/mol. The molecule has 7 heteroatoms. The molecule has 0 aromatic carbocycles. The number of aryl methyl sites for hydroxylation is 1. The number of carbonyl (C=O) groups excluding carboxylic acids is 1. The summed E-state index contributed by atoms with van der Waals surface area (Å²) < 4.78 is 5.32. The molecule has 0 aliphatic carbocycles. The normalized spacial score (nSPS) is 23.8. The SMILES string of the molecule is Cc1noc2ncnc(N3CCC[C@]4(CCC(=O)N(CCC(C)C)C4)C3)c12. The molecule has 1 atom stereocenters. The van der Waals surface area contributed by atoms with Gasteiger partial charge in [0.15, 0.2) is 0 Å². The summed E-state index contributed by atoms with van der Waals surface area (Å²) in [6, 6.07) is 0. The highest BCUT2D eigenvalue weighted by molar-refractivity contribution is 5.88. The molecular formula is C20H29N5O2. The predicted octanol–water partition coefficient (Wildman–Crippen LogP) is 3.18. The number of likely N-dealkylation sites (tertiary alicyclic amines) is 1. The summed E-state index contributed by atoms with van der Waals surface area (Å²) in [5.74, 6) is 1.85. The fourth-order valence-corrected chi connectivity index (χ4v) is 4.59. The van der Waals surface area contributed by atoms with Crippen molar-refractivity contribution in [1.29, 1.82) is 0 Å². The van der Waals surface area contributed by atoms with Crippen molar-refractivity contribution < 1.29 is 9.32 Å². The van der Waals surface area contributed by atoms with Crippen LogP contribution in [0.2, 0.25) is 0 Å². The molecule has 1 amide bonds. The molecule has 27 heavy (non-hydrogen) atoms. The number of amides is 1. The van der Waals surface area contributed by atoms with Crippen LogP contribution in [-0.2, 0) is 4.79 Å². The van der Waals surface area contributed by atoms with Gasteiger partial charge in [-0.25, -0.2) is 4.98 Å². The van der Waals surface area contributed by atoms with E-state index < -0.39 is 0 Å². The number of nitrogens with zero attached hydrogens (tertiary/aromatic N) is 5. The molecule has 2 aromatic heterocycles. The quantitative estimate of drug-likeness (QED) is 0.822. The molecule has 0 radical (unpaired) electrons. The smallest absolute Gasteiger partial charge is 0.263 e. The minimum Gasteiger partial charge on any atom is -0.355 e. The molecule has 0 unspecified atom stereocenters.